The minimum absolute atomic E-state index is 0.00123. The number of hydrogen-bond donors (Lipinski definition) is 2. The van der Waals surface area contributed by atoms with Crippen molar-refractivity contribution in [1.29, 1.82) is 0 Å². The lowest BCUT2D eigenvalue weighted by Crippen LogP contribution is -2.41. The number of nitrogens with one attached hydrogen (secondary N) is 2. The number of halogens is 2. The molecule has 1 fully saturated rings. The second kappa shape index (κ2) is 9.35. The second-order valence-electron chi connectivity index (χ2n) is 8.08. The van der Waals surface area contributed by atoms with E-state index in [0.717, 1.165) is 25.2 Å². The van der Waals surface area contributed by atoms with Crippen LogP contribution in [0.1, 0.15) is 49.0 Å². The molecular formula is C23H29F2N3O. The van der Waals surface area contributed by atoms with Crippen molar-refractivity contribution in [3.8, 4) is 0 Å². The number of benzene rings is 2. The highest BCUT2D eigenvalue weighted by molar-refractivity contribution is 6.00. The summed E-state index contributed by atoms with van der Waals surface area (Å²) in [5.41, 5.74) is 0.442. The Balaban J connectivity index is 1.69. The van der Waals surface area contributed by atoms with Gasteiger partial charge in [-0.05, 0) is 69.6 Å². The van der Waals surface area contributed by atoms with Crippen LogP contribution in [0, 0.1) is 11.6 Å². The van der Waals surface area contributed by atoms with Crippen molar-refractivity contribution < 1.29 is 13.6 Å². The third kappa shape index (κ3) is 5.54. The molecule has 0 atom stereocenters. The van der Waals surface area contributed by atoms with Crippen LogP contribution in [-0.2, 0) is 5.54 Å². The first-order valence-corrected chi connectivity index (χ1v) is 10.2. The predicted octanol–water partition coefficient (Wildman–Crippen LogP) is 4.53. The topological polar surface area (TPSA) is 44.4 Å². The number of carbonyl (C=O) groups is 1. The minimum Gasteiger partial charge on any atom is -0.383 e. The van der Waals surface area contributed by atoms with Crippen molar-refractivity contribution in [2.45, 2.75) is 38.6 Å². The van der Waals surface area contributed by atoms with Crippen LogP contribution in [-0.4, -0.2) is 37.0 Å². The Kier molecular flexibility index (Phi) is 6.85. The van der Waals surface area contributed by atoms with Crippen LogP contribution in [0.15, 0.2) is 42.5 Å². The van der Waals surface area contributed by atoms with Crippen molar-refractivity contribution in [1.82, 2.24) is 10.2 Å². The van der Waals surface area contributed by atoms with E-state index in [1.165, 1.54) is 37.5 Å². The maximum Gasteiger partial charge on any atom is 0.257 e. The molecule has 6 heteroatoms. The van der Waals surface area contributed by atoms with E-state index in [2.05, 4.69) is 15.5 Å². The van der Waals surface area contributed by atoms with Crippen LogP contribution >= 0.6 is 0 Å². The molecule has 2 aromatic carbocycles. The van der Waals surface area contributed by atoms with Crippen LogP contribution in [0.25, 0.3) is 0 Å². The van der Waals surface area contributed by atoms with Crippen LogP contribution in [0.4, 0.5) is 14.5 Å². The molecule has 0 unspecified atom stereocenters. The number of anilines is 1. The quantitative estimate of drug-likeness (QED) is 0.717. The Morgan fingerprint density at radius 3 is 2.41 bits per heavy atom. The van der Waals surface area contributed by atoms with E-state index in [-0.39, 0.29) is 11.4 Å². The lowest BCUT2D eigenvalue weighted by Gasteiger charge is -2.28. The molecule has 1 saturated heterocycles. The van der Waals surface area contributed by atoms with Crippen LogP contribution in [0.2, 0.25) is 0 Å². The molecule has 0 aliphatic carbocycles. The smallest absolute Gasteiger partial charge is 0.257 e. The average molecular weight is 402 g/mol. The third-order valence-electron chi connectivity index (χ3n) is 5.42. The summed E-state index contributed by atoms with van der Waals surface area (Å²) in [4.78, 5) is 15.3. The van der Waals surface area contributed by atoms with Gasteiger partial charge in [0, 0.05) is 18.8 Å². The van der Waals surface area contributed by atoms with Crippen molar-refractivity contribution in [2.75, 3.05) is 31.5 Å². The zero-order valence-corrected chi connectivity index (χ0v) is 17.1. The summed E-state index contributed by atoms with van der Waals surface area (Å²) in [7, 11) is 0. The lowest BCUT2D eigenvalue weighted by molar-refractivity contribution is 0.0909. The number of rotatable bonds is 7. The molecule has 1 heterocycles. The molecule has 1 aliphatic heterocycles. The zero-order valence-electron chi connectivity index (χ0n) is 17.1. The maximum atomic E-state index is 14.6. The molecule has 1 amide bonds. The highest BCUT2D eigenvalue weighted by Gasteiger charge is 2.26. The number of amides is 1. The van der Waals surface area contributed by atoms with E-state index in [1.54, 1.807) is 24.3 Å². The Morgan fingerprint density at radius 1 is 1.03 bits per heavy atom. The van der Waals surface area contributed by atoms with E-state index in [0.29, 0.717) is 12.2 Å². The second-order valence-corrected chi connectivity index (χ2v) is 8.08. The Labute approximate surface area is 171 Å². The van der Waals surface area contributed by atoms with Gasteiger partial charge in [-0.1, -0.05) is 24.6 Å². The molecule has 156 valence electrons. The monoisotopic (exact) mass is 401 g/mol. The fourth-order valence-corrected chi connectivity index (χ4v) is 3.72. The summed E-state index contributed by atoms with van der Waals surface area (Å²) in [5.74, 6) is -1.41. The normalized spacial score (nSPS) is 15.2. The molecule has 2 aromatic rings. The van der Waals surface area contributed by atoms with Gasteiger partial charge >= 0.3 is 0 Å². The van der Waals surface area contributed by atoms with Crippen molar-refractivity contribution in [3.63, 3.8) is 0 Å². The number of piperidine rings is 1. The molecule has 4 nitrogen and oxygen atoms in total. The minimum atomic E-state index is -0.780. The van der Waals surface area contributed by atoms with Gasteiger partial charge in [0.2, 0.25) is 0 Å². The summed E-state index contributed by atoms with van der Waals surface area (Å²) in [6, 6.07) is 10.5. The molecule has 0 bridgehead atoms. The molecule has 0 radical (unpaired) electrons. The summed E-state index contributed by atoms with van der Waals surface area (Å²) in [6.45, 7) is 7.29. The molecule has 3 rings (SSSR count). The highest BCUT2D eigenvalue weighted by atomic mass is 19.1. The molecule has 0 aromatic heterocycles. The Bertz CT molecular complexity index is 831. The van der Waals surface area contributed by atoms with E-state index >= 15 is 0 Å². The van der Waals surface area contributed by atoms with Crippen molar-refractivity contribution >= 4 is 11.6 Å². The largest absolute Gasteiger partial charge is 0.383 e. The average Bonchev–Trinajstić information content (AvgIpc) is 2.69. The van der Waals surface area contributed by atoms with E-state index in [9.17, 15) is 13.6 Å². The van der Waals surface area contributed by atoms with Gasteiger partial charge in [0.05, 0.1) is 11.1 Å². The molecule has 0 saturated carbocycles. The fraction of sp³-hybridized carbons (Fsp3) is 0.435. The van der Waals surface area contributed by atoms with Gasteiger partial charge in [-0.25, -0.2) is 8.78 Å². The maximum absolute atomic E-state index is 14.6. The number of hydrogen-bond acceptors (Lipinski definition) is 3. The Morgan fingerprint density at radius 2 is 1.72 bits per heavy atom. The van der Waals surface area contributed by atoms with Crippen LogP contribution in [0.5, 0.6) is 0 Å². The van der Waals surface area contributed by atoms with Crippen molar-refractivity contribution in [2.24, 2.45) is 0 Å². The lowest BCUT2D eigenvalue weighted by atomic mass is 9.93. The highest BCUT2D eigenvalue weighted by Crippen LogP contribution is 2.24. The number of likely N-dealkylation sites (tertiary alicyclic amines) is 1. The van der Waals surface area contributed by atoms with E-state index < -0.39 is 17.3 Å². The number of carbonyl (C=O) groups excluding carboxylic acids is 1. The van der Waals surface area contributed by atoms with Gasteiger partial charge in [-0.15, -0.1) is 0 Å². The van der Waals surface area contributed by atoms with Crippen LogP contribution < -0.4 is 10.6 Å². The van der Waals surface area contributed by atoms with E-state index in [4.69, 9.17) is 0 Å². The standard InChI is InChI=1S/C23H29F2N3O/c1-23(2,17-9-11-18(24)12-10-17)27-22(29)21-19(25)7-6-8-20(21)26-13-16-28-14-4-3-5-15-28/h6-12,26H,3-5,13-16H2,1-2H3,(H,27,29). The van der Waals surface area contributed by atoms with Crippen molar-refractivity contribution in [3.05, 3.63) is 65.2 Å². The van der Waals surface area contributed by atoms with Crippen LogP contribution in [0.3, 0.4) is 0 Å². The predicted molar refractivity (Wildman–Crippen MR) is 112 cm³/mol. The first kappa shape index (κ1) is 21.2. The summed E-state index contributed by atoms with van der Waals surface area (Å²) in [5, 5.41) is 6.10. The van der Waals surface area contributed by atoms with Gasteiger partial charge in [0.1, 0.15) is 11.6 Å². The van der Waals surface area contributed by atoms with E-state index in [1.807, 2.05) is 13.8 Å². The molecule has 1 aliphatic rings. The molecule has 29 heavy (non-hydrogen) atoms. The van der Waals surface area contributed by atoms with Gasteiger partial charge < -0.3 is 15.5 Å². The number of nitrogens with zero attached hydrogens (tertiary/aromatic N) is 1. The summed E-state index contributed by atoms with van der Waals surface area (Å²) >= 11 is 0. The van der Waals surface area contributed by atoms with Gasteiger partial charge in [0.15, 0.2) is 0 Å². The molecular weight excluding hydrogens is 372 g/mol. The Hall–Kier alpha value is -2.47. The SMILES string of the molecule is CC(C)(NC(=O)c1c(F)cccc1NCCN1CCCCC1)c1ccc(F)cc1. The first-order valence-electron chi connectivity index (χ1n) is 10.2. The van der Waals surface area contributed by atoms with Gasteiger partial charge in [-0.2, -0.15) is 0 Å². The van der Waals surface area contributed by atoms with Gasteiger partial charge in [0.25, 0.3) is 5.91 Å². The zero-order chi connectivity index (χ0) is 20.9. The molecule has 0 spiro atoms. The summed E-state index contributed by atoms with van der Waals surface area (Å²) in [6.07, 6.45) is 3.71. The summed E-state index contributed by atoms with van der Waals surface area (Å²) < 4.78 is 27.8. The van der Waals surface area contributed by atoms with Gasteiger partial charge in [-0.3, -0.25) is 4.79 Å². The molecule has 2 N–H and O–H groups in total. The first-order chi connectivity index (χ1) is 13.9. The third-order valence-corrected chi connectivity index (χ3v) is 5.42. The fourth-order valence-electron chi connectivity index (χ4n) is 3.72.